The van der Waals surface area contributed by atoms with Crippen LogP contribution in [0.15, 0.2) is 12.1 Å². The number of benzene rings is 1. The minimum Gasteiger partial charge on any atom is -0.493 e. The number of carboxylic acids is 1. The number of ether oxygens (including phenoxy) is 2. The molecule has 0 fully saturated rings. The Bertz CT molecular complexity index is 487. The molecule has 7 heteroatoms. The van der Waals surface area contributed by atoms with Gasteiger partial charge in [0.1, 0.15) is 6.54 Å². The smallest absolute Gasteiger partial charge is 0.323 e. The lowest BCUT2D eigenvalue weighted by Crippen LogP contribution is -2.33. The fraction of sp³-hybridized carbons (Fsp3) is 0.333. The van der Waals surface area contributed by atoms with Gasteiger partial charge in [-0.05, 0) is 18.6 Å². The van der Waals surface area contributed by atoms with Crippen molar-refractivity contribution in [2.75, 3.05) is 26.1 Å². The van der Waals surface area contributed by atoms with Crippen LogP contribution in [0.5, 0.6) is 11.5 Å². The maximum atomic E-state index is 11.5. The Balaban J connectivity index is 2.83. The summed E-state index contributed by atoms with van der Waals surface area (Å²) in [6.45, 7) is 1.34. The van der Waals surface area contributed by atoms with Crippen LogP contribution in [-0.4, -0.2) is 37.9 Å². The van der Waals surface area contributed by atoms with E-state index in [0.717, 1.165) is 5.56 Å². The first-order valence-corrected chi connectivity index (χ1v) is 5.47. The van der Waals surface area contributed by atoms with Crippen LogP contribution >= 0.6 is 0 Å². The zero-order chi connectivity index (χ0) is 14.4. The number of aliphatic carboxylic acids is 1. The van der Waals surface area contributed by atoms with E-state index in [-0.39, 0.29) is 0 Å². The third-order valence-electron chi connectivity index (χ3n) is 2.38. The van der Waals surface area contributed by atoms with Crippen LogP contribution in [0, 0.1) is 6.92 Å². The molecule has 0 spiro atoms. The zero-order valence-electron chi connectivity index (χ0n) is 10.9. The Labute approximate surface area is 110 Å². The Hall–Kier alpha value is -2.44. The van der Waals surface area contributed by atoms with Crippen molar-refractivity contribution in [2.45, 2.75) is 6.92 Å². The molecule has 0 saturated heterocycles. The van der Waals surface area contributed by atoms with E-state index in [1.54, 1.807) is 19.1 Å². The predicted molar refractivity (Wildman–Crippen MR) is 68.9 cm³/mol. The Kier molecular flexibility index (Phi) is 4.99. The standard InChI is InChI=1S/C12H16N2O5/c1-7-4-9(18-2)10(19-3)5-8(7)14-12(17)13-6-11(15)16/h4-5H,6H2,1-3H3,(H,15,16)(H2,13,14,17). The van der Waals surface area contributed by atoms with Gasteiger partial charge in [-0.2, -0.15) is 0 Å². The molecule has 1 rings (SSSR count). The summed E-state index contributed by atoms with van der Waals surface area (Å²) in [7, 11) is 3.01. The molecule has 0 bridgehead atoms. The molecular formula is C12H16N2O5. The van der Waals surface area contributed by atoms with Gasteiger partial charge in [-0.1, -0.05) is 0 Å². The van der Waals surface area contributed by atoms with E-state index in [4.69, 9.17) is 14.6 Å². The quantitative estimate of drug-likeness (QED) is 0.746. The van der Waals surface area contributed by atoms with Crippen LogP contribution in [0.4, 0.5) is 10.5 Å². The van der Waals surface area contributed by atoms with E-state index in [1.165, 1.54) is 14.2 Å². The average molecular weight is 268 g/mol. The van der Waals surface area contributed by atoms with Gasteiger partial charge in [-0.3, -0.25) is 4.79 Å². The van der Waals surface area contributed by atoms with Gasteiger partial charge in [0.15, 0.2) is 11.5 Å². The summed E-state index contributed by atoms with van der Waals surface area (Å²) in [5.41, 5.74) is 1.28. The summed E-state index contributed by atoms with van der Waals surface area (Å²) in [6, 6.07) is 2.72. The second-order valence-electron chi connectivity index (χ2n) is 3.72. The first-order chi connectivity index (χ1) is 8.97. The van der Waals surface area contributed by atoms with Gasteiger partial charge < -0.3 is 25.2 Å². The monoisotopic (exact) mass is 268 g/mol. The third-order valence-corrected chi connectivity index (χ3v) is 2.38. The molecular weight excluding hydrogens is 252 g/mol. The topological polar surface area (TPSA) is 96.9 Å². The van der Waals surface area contributed by atoms with Crippen molar-refractivity contribution < 1.29 is 24.2 Å². The van der Waals surface area contributed by atoms with E-state index in [1.807, 2.05) is 0 Å². The number of anilines is 1. The molecule has 0 unspecified atom stereocenters. The number of carbonyl (C=O) groups is 2. The number of urea groups is 1. The van der Waals surface area contributed by atoms with Crippen molar-refractivity contribution in [3.05, 3.63) is 17.7 Å². The largest absolute Gasteiger partial charge is 0.493 e. The summed E-state index contributed by atoms with van der Waals surface area (Å²) in [5.74, 6) is -0.0858. The predicted octanol–water partition coefficient (Wildman–Crippen LogP) is 1.22. The lowest BCUT2D eigenvalue weighted by atomic mass is 10.1. The number of carboxylic acid groups (broad SMARTS) is 1. The third kappa shape index (κ3) is 4.06. The number of hydrogen-bond acceptors (Lipinski definition) is 4. The number of rotatable bonds is 5. The number of hydrogen-bond donors (Lipinski definition) is 3. The molecule has 0 radical (unpaired) electrons. The normalized spacial score (nSPS) is 9.63. The number of methoxy groups -OCH3 is 2. The summed E-state index contributed by atoms with van der Waals surface area (Å²) >= 11 is 0. The summed E-state index contributed by atoms with van der Waals surface area (Å²) in [4.78, 5) is 21.8. The van der Waals surface area contributed by atoms with Crippen LogP contribution in [0.3, 0.4) is 0 Å². The first-order valence-electron chi connectivity index (χ1n) is 5.47. The van der Waals surface area contributed by atoms with Gasteiger partial charge in [-0.15, -0.1) is 0 Å². The number of nitrogens with one attached hydrogen (secondary N) is 2. The Morgan fingerprint density at radius 2 is 1.79 bits per heavy atom. The highest BCUT2D eigenvalue weighted by atomic mass is 16.5. The Morgan fingerprint density at radius 3 is 2.32 bits per heavy atom. The van der Waals surface area contributed by atoms with Gasteiger partial charge in [0, 0.05) is 11.8 Å². The molecule has 2 amide bonds. The molecule has 0 heterocycles. The second-order valence-corrected chi connectivity index (χ2v) is 3.72. The molecule has 104 valence electrons. The maximum absolute atomic E-state index is 11.5. The molecule has 1 aromatic rings. The molecule has 0 aliphatic rings. The molecule has 7 nitrogen and oxygen atoms in total. The number of aryl methyl sites for hydroxylation is 1. The van der Waals surface area contributed by atoms with Crippen LogP contribution in [0.25, 0.3) is 0 Å². The van der Waals surface area contributed by atoms with E-state index in [2.05, 4.69) is 10.6 Å². The van der Waals surface area contributed by atoms with Gasteiger partial charge in [0.25, 0.3) is 0 Å². The maximum Gasteiger partial charge on any atom is 0.323 e. The van der Waals surface area contributed by atoms with E-state index < -0.39 is 18.5 Å². The molecule has 19 heavy (non-hydrogen) atoms. The minimum absolute atomic E-state index is 0.446. The zero-order valence-corrected chi connectivity index (χ0v) is 10.9. The highest BCUT2D eigenvalue weighted by Gasteiger charge is 2.11. The molecule has 0 aromatic heterocycles. The van der Waals surface area contributed by atoms with E-state index in [9.17, 15) is 9.59 Å². The van der Waals surface area contributed by atoms with Gasteiger partial charge in [0.2, 0.25) is 0 Å². The highest BCUT2D eigenvalue weighted by Crippen LogP contribution is 2.32. The molecule has 0 saturated carbocycles. The fourth-order valence-electron chi connectivity index (χ4n) is 1.44. The molecule has 0 aliphatic heterocycles. The second kappa shape index (κ2) is 6.48. The molecule has 0 aliphatic carbocycles. The van der Waals surface area contributed by atoms with Crippen molar-refractivity contribution in [3.8, 4) is 11.5 Å². The number of carbonyl (C=O) groups excluding carboxylic acids is 1. The fourth-order valence-corrected chi connectivity index (χ4v) is 1.44. The minimum atomic E-state index is -1.11. The van der Waals surface area contributed by atoms with Crippen molar-refractivity contribution in [3.63, 3.8) is 0 Å². The van der Waals surface area contributed by atoms with Crippen LogP contribution in [-0.2, 0) is 4.79 Å². The van der Waals surface area contributed by atoms with Crippen molar-refractivity contribution >= 4 is 17.7 Å². The van der Waals surface area contributed by atoms with Crippen LogP contribution < -0.4 is 20.1 Å². The summed E-state index contributed by atoms with van der Waals surface area (Å²) < 4.78 is 10.2. The lowest BCUT2D eigenvalue weighted by Gasteiger charge is -2.13. The average Bonchev–Trinajstić information content (AvgIpc) is 2.38. The molecule has 0 atom stereocenters. The van der Waals surface area contributed by atoms with E-state index in [0.29, 0.717) is 17.2 Å². The Morgan fingerprint density at radius 1 is 1.21 bits per heavy atom. The number of amides is 2. The SMILES string of the molecule is COc1cc(C)c(NC(=O)NCC(=O)O)cc1OC. The van der Waals surface area contributed by atoms with E-state index >= 15 is 0 Å². The van der Waals surface area contributed by atoms with Crippen molar-refractivity contribution in [2.24, 2.45) is 0 Å². The van der Waals surface area contributed by atoms with Crippen molar-refractivity contribution in [1.82, 2.24) is 5.32 Å². The van der Waals surface area contributed by atoms with Gasteiger partial charge in [-0.25, -0.2) is 4.79 Å². The first kappa shape index (κ1) is 14.6. The van der Waals surface area contributed by atoms with Gasteiger partial charge >= 0.3 is 12.0 Å². The highest BCUT2D eigenvalue weighted by molar-refractivity contribution is 5.92. The lowest BCUT2D eigenvalue weighted by molar-refractivity contribution is -0.135. The van der Waals surface area contributed by atoms with Crippen LogP contribution in [0.2, 0.25) is 0 Å². The summed E-state index contributed by atoms with van der Waals surface area (Å²) in [6.07, 6.45) is 0. The van der Waals surface area contributed by atoms with Crippen molar-refractivity contribution in [1.29, 1.82) is 0 Å². The molecule has 3 N–H and O–H groups in total. The van der Waals surface area contributed by atoms with Crippen LogP contribution in [0.1, 0.15) is 5.56 Å². The van der Waals surface area contributed by atoms with Gasteiger partial charge in [0.05, 0.1) is 14.2 Å². The molecule has 1 aromatic carbocycles. The summed E-state index contributed by atoms with van der Waals surface area (Å²) in [5, 5.41) is 13.2.